The molecule has 16 heavy (non-hydrogen) atoms. The third-order valence-corrected chi connectivity index (χ3v) is 2.41. The van der Waals surface area contributed by atoms with Crippen LogP contribution in [0.2, 0.25) is 0 Å². The lowest BCUT2D eigenvalue weighted by molar-refractivity contribution is 0.0668. The van der Waals surface area contributed by atoms with Crippen molar-refractivity contribution >= 4 is 5.97 Å². The van der Waals surface area contributed by atoms with Crippen molar-refractivity contribution in [1.29, 1.82) is 0 Å². The summed E-state index contributed by atoms with van der Waals surface area (Å²) >= 11 is 0. The summed E-state index contributed by atoms with van der Waals surface area (Å²) < 4.78 is 10.8. The molecule has 1 unspecified atom stereocenters. The molecule has 1 fully saturated rings. The molecule has 1 aromatic rings. The number of carboxylic acid groups (broad SMARTS) is 1. The molecule has 0 saturated carbocycles. The zero-order valence-electron chi connectivity index (χ0n) is 8.76. The zero-order valence-corrected chi connectivity index (χ0v) is 8.76. The standard InChI is InChI=1S/C11H13NO4/c13-11(14)10-6-8(3-4-12-10)16-7-9-2-1-5-15-9/h3-4,6,9H,1-2,5,7H2,(H,13,14). The summed E-state index contributed by atoms with van der Waals surface area (Å²) in [5.74, 6) is -0.537. The van der Waals surface area contributed by atoms with Gasteiger partial charge in [0.1, 0.15) is 12.4 Å². The fourth-order valence-corrected chi connectivity index (χ4v) is 1.58. The van der Waals surface area contributed by atoms with E-state index in [9.17, 15) is 4.79 Å². The van der Waals surface area contributed by atoms with Gasteiger partial charge in [-0.05, 0) is 18.9 Å². The van der Waals surface area contributed by atoms with Gasteiger partial charge in [-0.15, -0.1) is 0 Å². The van der Waals surface area contributed by atoms with Gasteiger partial charge in [0, 0.05) is 18.9 Å². The van der Waals surface area contributed by atoms with Crippen LogP contribution in [0.4, 0.5) is 0 Å². The Balaban J connectivity index is 1.93. The molecule has 1 N–H and O–H groups in total. The van der Waals surface area contributed by atoms with Gasteiger partial charge < -0.3 is 14.6 Å². The van der Waals surface area contributed by atoms with E-state index in [1.165, 1.54) is 12.3 Å². The van der Waals surface area contributed by atoms with Gasteiger partial charge in [0.15, 0.2) is 5.69 Å². The Bertz CT molecular complexity index is 374. The number of ether oxygens (including phenoxy) is 2. The van der Waals surface area contributed by atoms with E-state index in [4.69, 9.17) is 14.6 Å². The first-order chi connectivity index (χ1) is 7.75. The number of carbonyl (C=O) groups is 1. The number of pyridine rings is 1. The molecule has 1 aliphatic heterocycles. The maximum atomic E-state index is 10.7. The lowest BCUT2D eigenvalue weighted by Crippen LogP contribution is -2.16. The average Bonchev–Trinajstić information content (AvgIpc) is 2.79. The Labute approximate surface area is 93.0 Å². The maximum Gasteiger partial charge on any atom is 0.354 e. The minimum atomic E-state index is -1.05. The molecule has 1 atom stereocenters. The number of carboxylic acids is 1. The summed E-state index contributed by atoms with van der Waals surface area (Å²) in [5.41, 5.74) is -0.00941. The van der Waals surface area contributed by atoms with Crippen molar-refractivity contribution in [3.8, 4) is 5.75 Å². The van der Waals surface area contributed by atoms with Crippen molar-refractivity contribution in [3.05, 3.63) is 24.0 Å². The highest BCUT2D eigenvalue weighted by molar-refractivity contribution is 5.85. The minimum Gasteiger partial charge on any atom is -0.491 e. The van der Waals surface area contributed by atoms with Crippen LogP contribution in [0.25, 0.3) is 0 Å². The van der Waals surface area contributed by atoms with Crippen LogP contribution in [-0.2, 0) is 4.74 Å². The topological polar surface area (TPSA) is 68.7 Å². The van der Waals surface area contributed by atoms with E-state index < -0.39 is 5.97 Å². The van der Waals surface area contributed by atoms with Crippen LogP contribution < -0.4 is 4.74 Å². The zero-order chi connectivity index (χ0) is 11.4. The molecule has 0 radical (unpaired) electrons. The summed E-state index contributed by atoms with van der Waals surface area (Å²) in [4.78, 5) is 14.4. The smallest absolute Gasteiger partial charge is 0.354 e. The Hall–Kier alpha value is -1.62. The summed E-state index contributed by atoms with van der Waals surface area (Å²) in [7, 11) is 0. The first-order valence-corrected chi connectivity index (χ1v) is 5.19. The first kappa shape index (κ1) is 10.9. The number of aromatic carboxylic acids is 1. The van der Waals surface area contributed by atoms with Crippen molar-refractivity contribution in [2.45, 2.75) is 18.9 Å². The molecule has 5 heteroatoms. The highest BCUT2D eigenvalue weighted by Gasteiger charge is 2.16. The van der Waals surface area contributed by atoms with Gasteiger partial charge in [0.2, 0.25) is 0 Å². The maximum absolute atomic E-state index is 10.7. The Kier molecular flexibility index (Phi) is 3.36. The quantitative estimate of drug-likeness (QED) is 0.834. The van der Waals surface area contributed by atoms with E-state index in [0.717, 1.165) is 19.4 Å². The summed E-state index contributed by atoms with van der Waals surface area (Å²) in [5, 5.41) is 8.75. The molecule has 2 rings (SSSR count). The van der Waals surface area contributed by atoms with Gasteiger partial charge in [-0.1, -0.05) is 0 Å². The molecule has 86 valence electrons. The molecule has 5 nitrogen and oxygen atoms in total. The number of aromatic nitrogens is 1. The van der Waals surface area contributed by atoms with Gasteiger partial charge >= 0.3 is 5.97 Å². The predicted molar refractivity (Wildman–Crippen MR) is 55.7 cm³/mol. The van der Waals surface area contributed by atoms with Gasteiger partial charge in [-0.25, -0.2) is 9.78 Å². The largest absolute Gasteiger partial charge is 0.491 e. The van der Waals surface area contributed by atoms with Crippen LogP contribution in [-0.4, -0.2) is 35.4 Å². The van der Waals surface area contributed by atoms with Gasteiger partial charge in [-0.3, -0.25) is 0 Å². The molecule has 1 aromatic heterocycles. The van der Waals surface area contributed by atoms with Crippen LogP contribution in [0.1, 0.15) is 23.3 Å². The first-order valence-electron chi connectivity index (χ1n) is 5.19. The van der Waals surface area contributed by atoms with Gasteiger partial charge in [-0.2, -0.15) is 0 Å². The third kappa shape index (κ3) is 2.70. The van der Waals surface area contributed by atoms with E-state index in [2.05, 4.69) is 4.98 Å². The Morgan fingerprint density at radius 1 is 1.69 bits per heavy atom. The lowest BCUT2D eigenvalue weighted by Gasteiger charge is -2.11. The van der Waals surface area contributed by atoms with Crippen LogP contribution >= 0.6 is 0 Å². The third-order valence-electron chi connectivity index (χ3n) is 2.41. The van der Waals surface area contributed by atoms with Crippen LogP contribution in [0, 0.1) is 0 Å². The van der Waals surface area contributed by atoms with Crippen LogP contribution in [0.5, 0.6) is 5.75 Å². The second-order valence-corrected chi connectivity index (χ2v) is 3.63. The molecule has 0 aromatic carbocycles. The Morgan fingerprint density at radius 2 is 2.56 bits per heavy atom. The second kappa shape index (κ2) is 4.94. The molecule has 0 spiro atoms. The van der Waals surface area contributed by atoms with E-state index in [1.807, 2.05) is 0 Å². The lowest BCUT2D eigenvalue weighted by atomic mass is 10.2. The highest BCUT2D eigenvalue weighted by atomic mass is 16.5. The molecule has 0 bridgehead atoms. The molecule has 1 saturated heterocycles. The molecule has 1 aliphatic rings. The Morgan fingerprint density at radius 3 is 3.25 bits per heavy atom. The van der Waals surface area contributed by atoms with E-state index in [-0.39, 0.29) is 11.8 Å². The summed E-state index contributed by atoms with van der Waals surface area (Å²) in [6.45, 7) is 1.24. The van der Waals surface area contributed by atoms with Gasteiger partial charge in [0.25, 0.3) is 0 Å². The van der Waals surface area contributed by atoms with E-state index in [1.54, 1.807) is 6.07 Å². The molecular formula is C11H13NO4. The van der Waals surface area contributed by atoms with Crippen molar-refractivity contribution in [2.75, 3.05) is 13.2 Å². The van der Waals surface area contributed by atoms with Crippen molar-refractivity contribution < 1.29 is 19.4 Å². The van der Waals surface area contributed by atoms with Gasteiger partial charge in [0.05, 0.1) is 6.10 Å². The second-order valence-electron chi connectivity index (χ2n) is 3.63. The fourth-order valence-electron chi connectivity index (χ4n) is 1.58. The summed E-state index contributed by atoms with van der Waals surface area (Å²) in [6.07, 6.45) is 3.61. The number of hydrogen-bond acceptors (Lipinski definition) is 4. The van der Waals surface area contributed by atoms with Crippen molar-refractivity contribution in [1.82, 2.24) is 4.98 Å². The SMILES string of the molecule is O=C(O)c1cc(OCC2CCCO2)ccn1. The monoisotopic (exact) mass is 223 g/mol. The average molecular weight is 223 g/mol. The van der Waals surface area contributed by atoms with E-state index in [0.29, 0.717) is 12.4 Å². The molecule has 0 aliphatic carbocycles. The summed E-state index contributed by atoms with van der Waals surface area (Å²) in [6, 6.07) is 3.05. The predicted octanol–water partition coefficient (Wildman–Crippen LogP) is 1.34. The molecular weight excluding hydrogens is 210 g/mol. The number of nitrogens with zero attached hydrogens (tertiary/aromatic N) is 1. The van der Waals surface area contributed by atoms with Crippen molar-refractivity contribution in [3.63, 3.8) is 0 Å². The number of hydrogen-bond donors (Lipinski definition) is 1. The van der Waals surface area contributed by atoms with Crippen molar-refractivity contribution in [2.24, 2.45) is 0 Å². The normalized spacial score (nSPS) is 19.6. The van der Waals surface area contributed by atoms with Crippen LogP contribution in [0.15, 0.2) is 18.3 Å². The molecule has 2 heterocycles. The van der Waals surface area contributed by atoms with Crippen LogP contribution in [0.3, 0.4) is 0 Å². The highest BCUT2D eigenvalue weighted by Crippen LogP contribution is 2.16. The fraction of sp³-hybridized carbons (Fsp3) is 0.455. The number of rotatable bonds is 4. The molecule has 0 amide bonds. The van der Waals surface area contributed by atoms with E-state index >= 15 is 0 Å². The minimum absolute atomic E-state index is 0.00941.